The van der Waals surface area contributed by atoms with Gasteiger partial charge in [0.2, 0.25) is 0 Å². The highest BCUT2D eigenvalue weighted by Crippen LogP contribution is 2.13. The number of nitrogens with two attached hydrogens (primary N) is 1. The van der Waals surface area contributed by atoms with Gasteiger partial charge in [0, 0.05) is 11.6 Å². The molecule has 6 heteroatoms. The van der Waals surface area contributed by atoms with Crippen LogP contribution in [0.2, 0.25) is 0 Å². The second kappa shape index (κ2) is 7.15. The van der Waals surface area contributed by atoms with Crippen molar-refractivity contribution in [1.82, 2.24) is 9.78 Å². The average molecular weight is 308 g/mol. The van der Waals surface area contributed by atoms with Gasteiger partial charge in [-0.2, -0.15) is 5.10 Å². The van der Waals surface area contributed by atoms with Crippen molar-refractivity contribution in [2.75, 3.05) is 0 Å². The van der Waals surface area contributed by atoms with Crippen LogP contribution >= 0.6 is 12.4 Å². The molecule has 21 heavy (non-hydrogen) atoms. The Morgan fingerprint density at radius 1 is 1.14 bits per heavy atom. The number of benzene rings is 1. The van der Waals surface area contributed by atoms with Gasteiger partial charge in [-0.15, -0.1) is 12.4 Å². The second-order valence-electron chi connectivity index (χ2n) is 4.84. The van der Waals surface area contributed by atoms with Crippen molar-refractivity contribution in [3.63, 3.8) is 0 Å². The number of hydrogen-bond donors (Lipinski definition) is 1. The third-order valence-electron chi connectivity index (χ3n) is 2.99. The lowest BCUT2D eigenvalue weighted by atomic mass is 10.0. The van der Waals surface area contributed by atoms with Crippen LogP contribution in [0.25, 0.3) is 0 Å². The SMILES string of the molecule is CC(C)n1nc(C(N)C(=O)c2ccccc2)ccc1=O.Cl. The summed E-state index contributed by atoms with van der Waals surface area (Å²) >= 11 is 0. The van der Waals surface area contributed by atoms with Crippen molar-refractivity contribution in [3.8, 4) is 0 Å². The molecule has 1 unspecified atom stereocenters. The summed E-state index contributed by atoms with van der Waals surface area (Å²) < 4.78 is 1.33. The summed E-state index contributed by atoms with van der Waals surface area (Å²) in [6, 6.07) is 10.8. The second-order valence-corrected chi connectivity index (χ2v) is 4.84. The Bertz CT molecular complexity index is 668. The third kappa shape index (κ3) is 3.77. The van der Waals surface area contributed by atoms with Crippen molar-refractivity contribution >= 4 is 18.2 Å². The Balaban J connectivity index is 0.00000220. The molecule has 0 bridgehead atoms. The molecule has 0 aliphatic heterocycles. The molecule has 2 aromatic rings. The van der Waals surface area contributed by atoms with E-state index in [4.69, 9.17) is 5.73 Å². The van der Waals surface area contributed by atoms with E-state index in [0.717, 1.165) is 0 Å². The quantitative estimate of drug-likeness (QED) is 0.878. The summed E-state index contributed by atoms with van der Waals surface area (Å²) in [5.41, 5.74) is 6.68. The zero-order valence-electron chi connectivity index (χ0n) is 11.9. The number of halogens is 1. The first-order chi connectivity index (χ1) is 9.50. The van der Waals surface area contributed by atoms with Crippen LogP contribution in [0.3, 0.4) is 0 Å². The number of Topliss-reactive ketones (excluding diaryl/α,β-unsaturated/α-hetero) is 1. The highest BCUT2D eigenvalue weighted by molar-refractivity contribution is 6.00. The van der Waals surface area contributed by atoms with Crippen LogP contribution in [0.1, 0.15) is 42.0 Å². The van der Waals surface area contributed by atoms with Gasteiger partial charge in [0.05, 0.1) is 11.7 Å². The number of hydrogen-bond acceptors (Lipinski definition) is 4. The van der Waals surface area contributed by atoms with Gasteiger partial charge in [0.1, 0.15) is 6.04 Å². The van der Waals surface area contributed by atoms with Crippen LogP contribution in [-0.2, 0) is 0 Å². The molecule has 112 valence electrons. The van der Waals surface area contributed by atoms with Gasteiger partial charge >= 0.3 is 0 Å². The lowest BCUT2D eigenvalue weighted by molar-refractivity contribution is 0.0958. The fourth-order valence-corrected chi connectivity index (χ4v) is 1.89. The fourth-order valence-electron chi connectivity index (χ4n) is 1.89. The lowest BCUT2D eigenvalue weighted by Crippen LogP contribution is -2.29. The van der Waals surface area contributed by atoms with Crippen LogP contribution in [0.5, 0.6) is 0 Å². The first kappa shape index (κ1) is 17.1. The minimum absolute atomic E-state index is 0. The van der Waals surface area contributed by atoms with E-state index in [0.29, 0.717) is 11.3 Å². The van der Waals surface area contributed by atoms with Gasteiger partial charge in [-0.05, 0) is 19.9 Å². The van der Waals surface area contributed by atoms with Gasteiger partial charge in [0.25, 0.3) is 5.56 Å². The Morgan fingerprint density at radius 2 is 1.76 bits per heavy atom. The maximum Gasteiger partial charge on any atom is 0.266 e. The molecule has 5 nitrogen and oxygen atoms in total. The molecule has 0 aliphatic rings. The highest BCUT2D eigenvalue weighted by atomic mass is 35.5. The first-order valence-electron chi connectivity index (χ1n) is 6.45. The van der Waals surface area contributed by atoms with Crippen LogP contribution in [0.15, 0.2) is 47.3 Å². The predicted molar refractivity (Wildman–Crippen MR) is 83.8 cm³/mol. The number of aromatic nitrogens is 2. The van der Waals surface area contributed by atoms with Crippen molar-refractivity contribution in [3.05, 3.63) is 64.1 Å². The summed E-state index contributed by atoms with van der Waals surface area (Å²) in [7, 11) is 0. The topological polar surface area (TPSA) is 78.0 Å². The Morgan fingerprint density at radius 3 is 2.33 bits per heavy atom. The average Bonchev–Trinajstić information content (AvgIpc) is 2.47. The summed E-state index contributed by atoms with van der Waals surface area (Å²) in [5, 5.41) is 4.18. The lowest BCUT2D eigenvalue weighted by Gasteiger charge is -2.14. The molecule has 1 atom stereocenters. The smallest absolute Gasteiger partial charge is 0.266 e. The molecule has 0 aliphatic carbocycles. The van der Waals surface area contributed by atoms with Crippen molar-refractivity contribution < 1.29 is 4.79 Å². The standard InChI is InChI=1S/C15H17N3O2.ClH/c1-10(2)18-13(19)9-8-12(17-18)14(16)15(20)11-6-4-3-5-7-11;/h3-10,14H,16H2,1-2H3;1H. The molecule has 2 rings (SSSR count). The van der Waals surface area contributed by atoms with Crippen LogP contribution in [0.4, 0.5) is 0 Å². The molecule has 0 amide bonds. The van der Waals surface area contributed by atoms with E-state index in [1.807, 2.05) is 19.9 Å². The van der Waals surface area contributed by atoms with Gasteiger partial charge < -0.3 is 5.73 Å². The van der Waals surface area contributed by atoms with Crippen molar-refractivity contribution in [1.29, 1.82) is 0 Å². The van der Waals surface area contributed by atoms with Gasteiger partial charge in [-0.25, -0.2) is 4.68 Å². The number of carbonyl (C=O) groups is 1. The molecule has 0 saturated carbocycles. The summed E-state index contributed by atoms with van der Waals surface area (Å²) in [6.45, 7) is 3.70. The molecular weight excluding hydrogens is 290 g/mol. The van der Waals surface area contributed by atoms with Crippen molar-refractivity contribution in [2.45, 2.75) is 25.9 Å². The molecule has 1 aromatic carbocycles. The van der Waals surface area contributed by atoms with Crippen molar-refractivity contribution in [2.24, 2.45) is 5.73 Å². The molecular formula is C15H18ClN3O2. The Hall–Kier alpha value is -1.98. The molecule has 0 fully saturated rings. The minimum Gasteiger partial charge on any atom is -0.316 e. The van der Waals surface area contributed by atoms with Gasteiger partial charge in [-0.1, -0.05) is 30.3 Å². The predicted octanol–water partition coefficient (Wildman–Crippen LogP) is 2.13. The first-order valence-corrected chi connectivity index (χ1v) is 6.45. The zero-order chi connectivity index (χ0) is 14.7. The Labute approximate surface area is 129 Å². The number of carbonyl (C=O) groups excluding carboxylic acids is 1. The van der Waals surface area contributed by atoms with E-state index in [1.165, 1.54) is 16.8 Å². The van der Waals surface area contributed by atoms with E-state index in [2.05, 4.69) is 5.10 Å². The highest BCUT2D eigenvalue weighted by Gasteiger charge is 2.20. The van der Waals surface area contributed by atoms with Gasteiger partial charge in [-0.3, -0.25) is 9.59 Å². The monoisotopic (exact) mass is 307 g/mol. The molecule has 0 radical (unpaired) electrons. The van der Waals surface area contributed by atoms with Crippen LogP contribution in [0, 0.1) is 0 Å². The molecule has 1 aromatic heterocycles. The summed E-state index contributed by atoms with van der Waals surface area (Å²) in [4.78, 5) is 23.9. The van der Waals surface area contributed by atoms with E-state index in [-0.39, 0.29) is 29.8 Å². The normalized spacial score (nSPS) is 11.8. The molecule has 0 saturated heterocycles. The summed E-state index contributed by atoms with van der Waals surface area (Å²) in [6.07, 6.45) is 0. The number of rotatable bonds is 4. The van der Waals surface area contributed by atoms with E-state index in [1.54, 1.807) is 24.3 Å². The largest absolute Gasteiger partial charge is 0.316 e. The number of nitrogens with zero attached hydrogens (tertiary/aromatic N) is 2. The fraction of sp³-hybridized carbons (Fsp3) is 0.267. The maximum absolute atomic E-state index is 12.3. The van der Waals surface area contributed by atoms with E-state index in [9.17, 15) is 9.59 Å². The zero-order valence-corrected chi connectivity index (χ0v) is 12.7. The maximum atomic E-state index is 12.3. The minimum atomic E-state index is -0.872. The van der Waals surface area contributed by atoms with Crippen LogP contribution in [-0.4, -0.2) is 15.6 Å². The molecule has 2 N–H and O–H groups in total. The molecule has 1 heterocycles. The van der Waals surface area contributed by atoms with Gasteiger partial charge in [0.15, 0.2) is 5.78 Å². The third-order valence-corrected chi connectivity index (χ3v) is 2.99. The van der Waals surface area contributed by atoms with E-state index >= 15 is 0 Å². The molecule has 0 spiro atoms. The van der Waals surface area contributed by atoms with E-state index < -0.39 is 6.04 Å². The van der Waals surface area contributed by atoms with Crippen LogP contribution < -0.4 is 11.3 Å². The number of ketones is 1. The summed E-state index contributed by atoms with van der Waals surface area (Å²) in [5.74, 6) is -0.216. The Kier molecular flexibility index (Phi) is 5.81.